The number of amides is 1. The topological polar surface area (TPSA) is 117 Å². The first-order valence-electron chi connectivity index (χ1n) is 5.78. The molecule has 8 nitrogen and oxygen atoms in total. The minimum atomic E-state index is -1.12. The SMILES string of the molecule is CNC(C)(COc1ccc(OC)cc1[N+](=O)[O-])C(N)=O. The number of hydrogen-bond donors (Lipinski definition) is 2. The maximum atomic E-state index is 11.3. The molecular formula is C12H17N3O5. The Kier molecular flexibility index (Phi) is 4.87. The highest BCUT2D eigenvalue weighted by atomic mass is 16.6. The van der Waals surface area contributed by atoms with Crippen LogP contribution in [0.2, 0.25) is 0 Å². The van der Waals surface area contributed by atoms with E-state index < -0.39 is 16.4 Å². The van der Waals surface area contributed by atoms with Gasteiger partial charge in [0.2, 0.25) is 5.91 Å². The van der Waals surface area contributed by atoms with Crippen LogP contribution in [0.25, 0.3) is 0 Å². The zero-order chi connectivity index (χ0) is 15.3. The minimum absolute atomic E-state index is 0.0403. The van der Waals surface area contributed by atoms with Gasteiger partial charge < -0.3 is 20.5 Å². The second-order valence-corrected chi connectivity index (χ2v) is 4.33. The first kappa shape index (κ1) is 15.7. The van der Waals surface area contributed by atoms with Crippen molar-refractivity contribution in [3.63, 3.8) is 0 Å². The number of nitrogens with zero attached hydrogens (tertiary/aromatic N) is 1. The molecule has 0 aliphatic heterocycles. The molecule has 0 saturated heterocycles. The lowest BCUT2D eigenvalue weighted by Gasteiger charge is -2.25. The summed E-state index contributed by atoms with van der Waals surface area (Å²) >= 11 is 0. The number of nitrogens with one attached hydrogen (secondary N) is 1. The van der Waals surface area contributed by atoms with E-state index >= 15 is 0 Å². The van der Waals surface area contributed by atoms with E-state index in [9.17, 15) is 14.9 Å². The van der Waals surface area contributed by atoms with Gasteiger partial charge in [0.15, 0.2) is 5.75 Å². The summed E-state index contributed by atoms with van der Waals surface area (Å²) in [5.74, 6) is -0.231. The summed E-state index contributed by atoms with van der Waals surface area (Å²) in [4.78, 5) is 21.7. The van der Waals surface area contributed by atoms with Crippen LogP contribution >= 0.6 is 0 Å². The second kappa shape index (κ2) is 6.20. The van der Waals surface area contributed by atoms with E-state index in [1.807, 2.05) is 0 Å². The number of benzene rings is 1. The Hall–Kier alpha value is -2.35. The van der Waals surface area contributed by atoms with E-state index in [4.69, 9.17) is 15.2 Å². The molecule has 0 aliphatic rings. The molecule has 1 aromatic carbocycles. The van der Waals surface area contributed by atoms with Crippen LogP contribution < -0.4 is 20.5 Å². The van der Waals surface area contributed by atoms with Crippen LogP contribution in [0.1, 0.15) is 6.92 Å². The Morgan fingerprint density at radius 2 is 2.20 bits per heavy atom. The van der Waals surface area contributed by atoms with Gasteiger partial charge in [0.1, 0.15) is 17.9 Å². The molecule has 0 aromatic heterocycles. The summed E-state index contributed by atoms with van der Waals surface area (Å²) in [5, 5.41) is 13.7. The molecule has 1 amide bonds. The molecule has 0 saturated carbocycles. The number of nitro groups is 1. The molecule has 0 fully saturated rings. The molecule has 1 unspecified atom stereocenters. The minimum Gasteiger partial charge on any atom is -0.496 e. The highest BCUT2D eigenvalue weighted by Gasteiger charge is 2.31. The third-order valence-electron chi connectivity index (χ3n) is 2.97. The van der Waals surface area contributed by atoms with Gasteiger partial charge in [0, 0.05) is 0 Å². The summed E-state index contributed by atoms with van der Waals surface area (Å²) in [6, 6.07) is 4.19. The summed E-state index contributed by atoms with van der Waals surface area (Å²) in [7, 11) is 2.96. The molecule has 0 radical (unpaired) electrons. The Labute approximate surface area is 116 Å². The molecule has 0 heterocycles. The molecule has 110 valence electrons. The Morgan fingerprint density at radius 1 is 1.55 bits per heavy atom. The number of likely N-dealkylation sites (N-methyl/N-ethyl adjacent to an activating group) is 1. The Bertz CT molecular complexity index is 520. The van der Waals surface area contributed by atoms with E-state index in [1.54, 1.807) is 14.0 Å². The lowest BCUT2D eigenvalue weighted by Crippen LogP contribution is -2.55. The van der Waals surface area contributed by atoms with Crippen molar-refractivity contribution in [2.45, 2.75) is 12.5 Å². The maximum Gasteiger partial charge on any atom is 0.314 e. The van der Waals surface area contributed by atoms with Gasteiger partial charge >= 0.3 is 5.69 Å². The highest BCUT2D eigenvalue weighted by molar-refractivity contribution is 5.84. The zero-order valence-electron chi connectivity index (χ0n) is 11.5. The lowest BCUT2D eigenvalue weighted by molar-refractivity contribution is -0.386. The van der Waals surface area contributed by atoms with Gasteiger partial charge in [-0.15, -0.1) is 0 Å². The molecule has 0 spiro atoms. The average molecular weight is 283 g/mol. The number of nitro benzene ring substituents is 1. The average Bonchev–Trinajstić information content (AvgIpc) is 2.44. The molecule has 1 aromatic rings. The van der Waals surface area contributed by atoms with Crippen molar-refractivity contribution in [1.82, 2.24) is 5.32 Å². The van der Waals surface area contributed by atoms with Crippen LogP contribution in [0, 0.1) is 10.1 Å². The smallest absolute Gasteiger partial charge is 0.314 e. The molecule has 1 atom stereocenters. The van der Waals surface area contributed by atoms with Crippen molar-refractivity contribution in [1.29, 1.82) is 0 Å². The molecule has 1 rings (SSSR count). The van der Waals surface area contributed by atoms with Crippen LogP contribution in [-0.4, -0.2) is 37.1 Å². The van der Waals surface area contributed by atoms with Gasteiger partial charge in [-0.1, -0.05) is 0 Å². The Morgan fingerprint density at radius 3 is 2.65 bits per heavy atom. The number of primary amides is 1. The van der Waals surface area contributed by atoms with Crippen LogP contribution in [0.5, 0.6) is 11.5 Å². The van der Waals surface area contributed by atoms with E-state index in [-0.39, 0.29) is 18.0 Å². The summed E-state index contributed by atoms with van der Waals surface area (Å²) in [6.45, 7) is 1.41. The quantitative estimate of drug-likeness (QED) is 0.554. The molecule has 3 N–H and O–H groups in total. The monoisotopic (exact) mass is 283 g/mol. The van der Waals surface area contributed by atoms with Crippen molar-refractivity contribution >= 4 is 11.6 Å². The van der Waals surface area contributed by atoms with Crippen molar-refractivity contribution in [3.8, 4) is 11.5 Å². The fourth-order valence-electron chi connectivity index (χ4n) is 1.38. The van der Waals surface area contributed by atoms with Gasteiger partial charge in [-0.25, -0.2) is 0 Å². The van der Waals surface area contributed by atoms with Crippen molar-refractivity contribution < 1.29 is 19.2 Å². The Balaban J connectivity index is 2.98. The molecule has 0 bridgehead atoms. The highest BCUT2D eigenvalue weighted by Crippen LogP contribution is 2.31. The second-order valence-electron chi connectivity index (χ2n) is 4.33. The number of hydrogen-bond acceptors (Lipinski definition) is 6. The van der Waals surface area contributed by atoms with E-state index in [2.05, 4.69) is 5.32 Å². The van der Waals surface area contributed by atoms with Crippen molar-refractivity contribution in [2.75, 3.05) is 20.8 Å². The first-order chi connectivity index (χ1) is 9.34. The number of ether oxygens (including phenoxy) is 2. The van der Waals surface area contributed by atoms with Gasteiger partial charge in [-0.2, -0.15) is 0 Å². The van der Waals surface area contributed by atoms with Gasteiger partial charge in [-0.05, 0) is 26.1 Å². The number of rotatable bonds is 7. The normalized spacial score (nSPS) is 13.3. The fourth-order valence-corrected chi connectivity index (χ4v) is 1.38. The lowest BCUT2D eigenvalue weighted by atomic mass is 10.0. The van der Waals surface area contributed by atoms with Crippen LogP contribution in [0.4, 0.5) is 5.69 Å². The van der Waals surface area contributed by atoms with E-state index in [0.29, 0.717) is 5.75 Å². The largest absolute Gasteiger partial charge is 0.496 e. The first-order valence-corrected chi connectivity index (χ1v) is 5.78. The van der Waals surface area contributed by atoms with Crippen molar-refractivity contribution in [3.05, 3.63) is 28.3 Å². The van der Waals surface area contributed by atoms with E-state index in [0.717, 1.165) is 0 Å². The van der Waals surface area contributed by atoms with E-state index in [1.165, 1.54) is 25.3 Å². The zero-order valence-corrected chi connectivity index (χ0v) is 11.5. The number of carbonyl (C=O) groups excluding carboxylic acids is 1. The summed E-state index contributed by atoms with van der Waals surface area (Å²) in [6.07, 6.45) is 0. The predicted octanol–water partition coefficient (Wildman–Crippen LogP) is 0.446. The summed E-state index contributed by atoms with van der Waals surface area (Å²) in [5.41, 5.74) is 3.89. The molecule has 0 aliphatic carbocycles. The predicted molar refractivity (Wildman–Crippen MR) is 71.8 cm³/mol. The fraction of sp³-hybridized carbons (Fsp3) is 0.417. The van der Waals surface area contributed by atoms with Gasteiger partial charge in [-0.3, -0.25) is 14.9 Å². The standard InChI is InChI=1S/C12H17N3O5/c1-12(14-2,11(13)16)7-20-10-5-4-8(19-3)6-9(10)15(17)18/h4-6,14H,7H2,1-3H3,(H2,13,16). The van der Waals surface area contributed by atoms with Crippen LogP contribution in [0.15, 0.2) is 18.2 Å². The van der Waals surface area contributed by atoms with Crippen LogP contribution in [0.3, 0.4) is 0 Å². The maximum absolute atomic E-state index is 11.3. The third-order valence-corrected chi connectivity index (χ3v) is 2.97. The number of nitrogens with two attached hydrogens (primary N) is 1. The van der Waals surface area contributed by atoms with Gasteiger partial charge in [0.05, 0.1) is 18.1 Å². The van der Waals surface area contributed by atoms with Gasteiger partial charge in [0.25, 0.3) is 0 Å². The van der Waals surface area contributed by atoms with Crippen molar-refractivity contribution in [2.24, 2.45) is 5.73 Å². The summed E-state index contributed by atoms with van der Waals surface area (Å²) < 4.78 is 10.3. The molecule has 8 heteroatoms. The molecular weight excluding hydrogens is 266 g/mol. The number of carbonyl (C=O) groups is 1. The van der Waals surface area contributed by atoms with Crippen LogP contribution in [-0.2, 0) is 4.79 Å². The molecule has 20 heavy (non-hydrogen) atoms. The third kappa shape index (κ3) is 3.35. The number of methoxy groups -OCH3 is 1.